The molecule has 0 aliphatic carbocycles. The molecule has 3 aromatic rings. The fourth-order valence-corrected chi connectivity index (χ4v) is 2.71. The van der Waals surface area contributed by atoms with Crippen molar-refractivity contribution >= 4 is 11.9 Å². The Labute approximate surface area is 167 Å². The Balaban J connectivity index is 1.55. The minimum Gasteiger partial charge on any atom is -0.489 e. The quantitative estimate of drug-likeness (QED) is 0.408. The maximum Gasteiger partial charge on any atom is 0.490 e. The third-order valence-corrected chi connectivity index (χ3v) is 4.26. The van der Waals surface area contributed by atoms with Gasteiger partial charge in [-0.2, -0.15) is 4.68 Å². The van der Waals surface area contributed by atoms with Crippen molar-refractivity contribution in [1.82, 2.24) is 19.7 Å². The van der Waals surface area contributed by atoms with Gasteiger partial charge in [-0.25, -0.2) is 0 Å². The molecule has 1 aromatic heterocycles. The SMILES string of the molecule is CCN(Cc1ccc(OCc2ccccc2)cc1)C(=O)Cn1cnc([N+](=O)[O-])n1. The predicted octanol–water partition coefficient (Wildman–Crippen LogP) is 2.81. The number of amides is 1. The Morgan fingerprint density at radius 2 is 1.86 bits per heavy atom. The van der Waals surface area contributed by atoms with Crippen LogP contribution in [-0.4, -0.2) is 37.0 Å². The lowest BCUT2D eigenvalue weighted by molar-refractivity contribution is -0.394. The molecule has 9 heteroatoms. The molecule has 0 unspecified atom stereocenters. The van der Waals surface area contributed by atoms with E-state index >= 15 is 0 Å². The molecule has 1 amide bonds. The summed E-state index contributed by atoms with van der Waals surface area (Å²) in [6.07, 6.45) is 1.18. The van der Waals surface area contributed by atoms with Gasteiger partial charge < -0.3 is 19.8 Å². The van der Waals surface area contributed by atoms with E-state index < -0.39 is 10.9 Å². The first kappa shape index (κ1) is 20.0. The molecular formula is C20H21N5O4. The van der Waals surface area contributed by atoms with Crippen LogP contribution in [0.5, 0.6) is 5.75 Å². The molecular weight excluding hydrogens is 374 g/mol. The molecule has 29 heavy (non-hydrogen) atoms. The molecule has 0 saturated carbocycles. The van der Waals surface area contributed by atoms with Crippen LogP contribution in [-0.2, 0) is 24.5 Å². The molecule has 0 aliphatic heterocycles. The first-order chi connectivity index (χ1) is 14.0. The molecule has 2 aromatic carbocycles. The van der Waals surface area contributed by atoms with Gasteiger partial charge in [0.2, 0.25) is 12.2 Å². The van der Waals surface area contributed by atoms with Gasteiger partial charge in [0.25, 0.3) is 0 Å². The van der Waals surface area contributed by atoms with Gasteiger partial charge in [0.15, 0.2) is 0 Å². The highest BCUT2D eigenvalue weighted by Gasteiger charge is 2.18. The Morgan fingerprint density at radius 1 is 1.14 bits per heavy atom. The van der Waals surface area contributed by atoms with Gasteiger partial charge in [-0.15, -0.1) is 0 Å². The Kier molecular flexibility index (Phi) is 6.51. The lowest BCUT2D eigenvalue weighted by Crippen LogP contribution is -2.33. The summed E-state index contributed by atoms with van der Waals surface area (Å²) in [6, 6.07) is 17.5. The fourth-order valence-electron chi connectivity index (χ4n) is 2.71. The topological polar surface area (TPSA) is 103 Å². The van der Waals surface area contributed by atoms with Crippen molar-refractivity contribution in [2.24, 2.45) is 0 Å². The molecule has 1 heterocycles. The van der Waals surface area contributed by atoms with E-state index in [4.69, 9.17) is 4.74 Å². The molecule has 0 bridgehead atoms. The monoisotopic (exact) mass is 395 g/mol. The molecule has 0 atom stereocenters. The van der Waals surface area contributed by atoms with Gasteiger partial charge >= 0.3 is 5.95 Å². The zero-order chi connectivity index (χ0) is 20.6. The molecule has 0 saturated heterocycles. The van der Waals surface area contributed by atoms with Crippen molar-refractivity contribution in [2.45, 2.75) is 26.6 Å². The van der Waals surface area contributed by atoms with E-state index in [1.54, 1.807) is 4.90 Å². The minimum absolute atomic E-state index is 0.104. The van der Waals surface area contributed by atoms with Gasteiger partial charge in [0.1, 0.15) is 18.9 Å². The van der Waals surface area contributed by atoms with Crippen LogP contribution < -0.4 is 4.74 Å². The summed E-state index contributed by atoms with van der Waals surface area (Å²) in [5.74, 6) is 0.0329. The van der Waals surface area contributed by atoms with Gasteiger partial charge in [-0.1, -0.05) is 47.4 Å². The van der Waals surface area contributed by atoms with E-state index in [-0.39, 0.29) is 12.5 Å². The van der Waals surface area contributed by atoms with Crippen molar-refractivity contribution in [3.8, 4) is 5.75 Å². The first-order valence-electron chi connectivity index (χ1n) is 9.12. The molecule has 0 fully saturated rings. The van der Waals surface area contributed by atoms with Crippen LogP contribution in [0.4, 0.5) is 5.95 Å². The fraction of sp³-hybridized carbons (Fsp3) is 0.250. The van der Waals surface area contributed by atoms with Gasteiger partial charge in [0.05, 0.1) is 0 Å². The smallest absolute Gasteiger partial charge is 0.489 e. The lowest BCUT2D eigenvalue weighted by Gasteiger charge is -2.20. The van der Waals surface area contributed by atoms with Crippen LogP contribution in [0.2, 0.25) is 0 Å². The maximum absolute atomic E-state index is 12.5. The van der Waals surface area contributed by atoms with E-state index in [9.17, 15) is 14.9 Å². The third kappa shape index (κ3) is 5.61. The van der Waals surface area contributed by atoms with Crippen LogP contribution in [0.15, 0.2) is 60.9 Å². The van der Waals surface area contributed by atoms with E-state index in [1.165, 1.54) is 11.0 Å². The molecule has 3 rings (SSSR count). The summed E-state index contributed by atoms with van der Waals surface area (Å²) in [5.41, 5.74) is 2.05. The van der Waals surface area contributed by atoms with E-state index in [2.05, 4.69) is 10.1 Å². The van der Waals surface area contributed by atoms with Crippen molar-refractivity contribution < 1.29 is 14.5 Å². The van der Waals surface area contributed by atoms with Crippen molar-refractivity contribution in [3.63, 3.8) is 0 Å². The predicted molar refractivity (Wildman–Crippen MR) is 105 cm³/mol. The number of carbonyl (C=O) groups excluding carboxylic acids is 1. The van der Waals surface area contributed by atoms with Gasteiger partial charge in [-0.3, -0.25) is 4.79 Å². The summed E-state index contributed by atoms with van der Waals surface area (Å²) < 4.78 is 6.94. The number of aromatic nitrogens is 3. The second kappa shape index (κ2) is 9.45. The maximum atomic E-state index is 12.5. The number of carbonyl (C=O) groups is 1. The Morgan fingerprint density at radius 3 is 2.48 bits per heavy atom. The summed E-state index contributed by atoms with van der Waals surface area (Å²) in [7, 11) is 0. The highest BCUT2D eigenvalue weighted by Crippen LogP contribution is 2.16. The Hall–Kier alpha value is -3.75. The molecule has 0 radical (unpaired) electrons. The number of ether oxygens (including phenoxy) is 1. The summed E-state index contributed by atoms with van der Waals surface area (Å²) >= 11 is 0. The first-order valence-corrected chi connectivity index (χ1v) is 9.12. The highest BCUT2D eigenvalue weighted by molar-refractivity contribution is 5.75. The second-order valence-electron chi connectivity index (χ2n) is 6.33. The van der Waals surface area contributed by atoms with E-state index in [0.29, 0.717) is 19.7 Å². The molecule has 0 N–H and O–H groups in total. The zero-order valence-corrected chi connectivity index (χ0v) is 16.0. The van der Waals surface area contributed by atoms with Gasteiger partial charge in [-0.05, 0) is 35.1 Å². The van der Waals surface area contributed by atoms with Crippen LogP contribution >= 0.6 is 0 Å². The van der Waals surface area contributed by atoms with Crippen molar-refractivity contribution in [2.75, 3.05) is 6.54 Å². The van der Waals surface area contributed by atoms with Crippen molar-refractivity contribution in [3.05, 3.63) is 82.2 Å². The number of rotatable bonds is 9. The normalized spacial score (nSPS) is 10.5. The molecule has 0 aliphatic rings. The minimum atomic E-state index is -0.694. The van der Waals surface area contributed by atoms with Crippen LogP contribution in [0, 0.1) is 10.1 Å². The average molecular weight is 395 g/mol. The third-order valence-electron chi connectivity index (χ3n) is 4.26. The summed E-state index contributed by atoms with van der Waals surface area (Å²) in [4.78, 5) is 27.7. The number of likely N-dealkylation sites (N-methyl/N-ethyl adjacent to an activating group) is 1. The van der Waals surface area contributed by atoms with Crippen LogP contribution in [0.3, 0.4) is 0 Å². The van der Waals surface area contributed by atoms with Crippen LogP contribution in [0.1, 0.15) is 18.1 Å². The number of benzene rings is 2. The van der Waals surface area contributed by atoms with E-state index in [1.807, 2.05) is 61.5 Å². The largest absolute Gasteiger partial charge is 0.490 e. The van der Waals surface area contributed by atoms with Crippen molar-refractivity contribution in [1.29, 1.82) is 0 Å². The summed E-state index contributed by atoms with van der Waals surface area (Å²) in [6.45, 7) is 3.18. The highest BCUT2D eigenvalue weighted by atomic mass is 16.6. The van der Waals surface area contributed by atoms with Gasteiger partial charge in [0, 0.05) is 18.2 Å². The lowest BCUT2D eigenvalue weighted by atomic mass is 10.2. The number of hydrogen-bond acceptors (Lipinski definition) is 6. The van der Waals surface area contributed by atoms with Crippen LogP contribution in [0.25, 0.3) is 0 Å². The number of hydrogen-bond donors (Lipinski definition) is 0. The zero-order valence-electron chi connectivity index (χ0n) is 16.0. The summed E-state index contributed by atoms with van der Waals surface area (Å²) in [5, 5.41) is 14.3. The standard InChI is InChI=1S/C20H21N5O4/c1-2-23(19(26)13-24-15-21-20(22-24)25(27)28)12-16-8-10-18(11-9-16)29-14-17-6-4-3-5-7-17/h3-11,15H,2,12-14H2,1H3. The number of nitrogens with zero attached hydrogens (tertiary/aromatic N) is 5. The molecule has 9 nitrogen and oxygen atoms in total. The van der Waals surface area contributed by atoms with E-state index in [0.717, 1.165) is 16.9 Å². The average Bonchev–Trinajstić information content (AvgIpc) is 3.21. The Bertz CT molecular complexity index is 957. The second-order valence-corrected chi connectivity index (χ2v) is 6.33. The number of nitro groups is 1. The molecule has 0 spiro atoms. The molecule has 150 valence electrons.